The molecule has 1 saturated heterocycles. The summed E-state index contributed by atoms with van der Waals surface area (Å²) < 4.78 is 21.8. The van der Waals surface area contributed by atoms with E-state index in [1.54, 1.807) is 13.0 Å². The summed E-state index contributed by atoms with van der Waals surface area (Å²) in [6.45, 7) is 9.43. The van der Waals surface area contributed by atoms with Crippen LogP contribution in [0.15, 0.2) is 24.3 Å². The first kappa shape index (κ1) is 18.5. The molecule has 1 fully saturated rings. The van der Waals surface area contributed by atoms with E-state index in [9.17, 15) is 4.79 Å². The summed E-state index contributed by atoms with van der Waals surface area (Å²) in [5, 5.41) is 0. The van der Waals surface area contributed by atoms with Crippen molar-refractivity contribution in [3.8, 4) is 5.75 Å². The number of benzene rings is 1. The maximum atomic E-state index is 11.6. The van der Waals surface area contributed by atoms with Crippen LogP contribution in [-0.2, 0) is 19.0 Å². The molecule has 1 heterocycles. The number of rotatable bonds is 9. The lowest BCUT2D eigenvalue weighted by atomic mass is 10.0. The first-order valence-electron chi connectivity index (χ1n) is 8.38. The lowest BCUT2D eigenvalue weighted by molar-refractivity contribution is -0.137. The third-order valence-electron chi connectivity index (χ3n) is 3.49. The average molecular weight is 334 g/mol. The van der Waals surface area contributed by atoms with Crippen LogP contribution in [0.25, 0.3) is 6.08 Å². The van der Waals surface area contributed by atoms with Gasteiger partial charge in [0.15, 0.2) is 0 Å². The normalized spacial score (nSPS) is 18.0. The van der Waals surface area contributed by atoms with Crippen molar-refractivity contribution in [2.24, 2.45) is 0 Å². The van der Waals surface area contributed by atoms with Crippen molar-refractivity contribution in [3.63, 3.8) is 0 Å². The molecule has 0 spiro atoms. The zero-order valence-corrected chi connectivity index (χ0v) is 14.8. The summed E-state index contributed by atoms with van der Waals surface area (Å²) in [5.41, 5.74) is 1.87. The molecule has 2 rings (SSSR count). The summed E-state index contributed by atoms with van der Waals surface area (Å²) >= 11 is 0. The molecule has 132 valence electrons. The van der Waals surface area contributed by atoms with Crippen LogP contribution >= 0.6 is 0 Å². The van der Waals surface area contributed by atoms with Gasteiger partial charge in [-0.1, -0.05) is 6.07 Å². The van der Waals surface area contributed by atoms with Gasteiger partial charge >= 0.3 is 5.97 Å². The number of esters is 1. The van der Waals surface area contributed by atoms with E-state index in [0.717, 1.165) is 23.5 Å². The van der Waals surface area contributed by atoms with Crippen LogP contribution < -0.4 is 4.74 Å². The fourth-order valence-electron chi connectivity index (χ4n) is 2.26. The van der Waals surface area contributed by atoms with Crippen molar-refractivity contribution in [2.75, 3.05) is 19.8 Å². The van der Waals surface area contributed by atoms with Crippen molar-refractivity contribution in [1.82, 2.24) is 0 Å². The molecule has 0 saturated carbocycles. The van der Waals surface area contributed by atoms with Gasteiger partial charge in [-0.05, 0) is 57.0 Å². The molecular formula is C19H26O5. The van der Waals surface area contributed by atoms with Gasteiger partial charge in [0.25, 0.3) is 0 Å². The second kappa shape index (κ2) is 8.85. The van der Waals surface area contributed by atoms with Crippen molar-refractivity contribution >= 4 is 12.0 Å². The highest BCUT2D eigenvalue weighted by Gasteiger charge is 2.24. The van der Waals surface area contributed by atoms with Crippen LogP contribution in [0.1, 0.15) is 44.9 Å². The number of ether oxygens (including phenoxy) is 4. The van der Waals surface area contributed by atoms with Crippen LogP contribution in [0.5, 0.6) is 5.75 Å². The summed E-state index contributed by atoms with van der Waals surface area (Å²) in [6, 6.07) is 5.78. The topological polar surface area (TPSA) is 57.3 Å². The molecule has 0 aromatic heterocycles. The number of carbonyl (C=O) groups excluding carboxylic acids is 1. The number of epoxide rings is 1. The second-order valence-corrected chi connectivity index (χ2v) is 5.97. The molecule has 2 atom stereocenters. The van der Waals surface area contributed by atoms with E-state index >= 15 is 0 Å². The Morgan fingerprint density at radius 1 is 1.38 bits per heavy atom. The zero-order chi connectivity index (χ0) is 17.5. The van der Waals surface area contributed by atoms with Gasteiger partial charge in [0, 0.05) is 6.08 Å². The van der Waals surface area contributed by atoms with Crippen LogP contribution in [0.2, 0.25) is 0 Å². The third kappa shape index (κ3) is 5.98. The highest BCUT2D eigenvalue weighted by molar-refractivity contribution is 5.87. The first-order valence-corrected chi connectivity index (χ1v) is 8.38. The van der Waals surface area contributed by atoms with Crippen LogP contribution in [0.4, 0.5) is 0 Å². The van der Waals surface area contributed by atoms with E-state index in [1.807, 2.05) is 39.0 Å². The Kier molecular flexibility index (Phi) is 6.82. The van der Waals surface area contributed by atoms with E-state index < -0.39 is 0 Å². The highest BCUT2D eigenvalue weighted by atomic mass is 16.6. The molecule has 1 aliphatic heterocycles. The molecule has 2 unspecified atom stereocenters. The minimum atomic E-state index is -0.356. The molecule has 0 bridgehead atoms. The van der Waals surface area contributed by atoms with E-state index in [-0.39, 0.29) is 24.3 Å². The standard InChI is InChI=1S/C19H26O5/c1-5-21-19(20)9-7-15-6-8-16(24-13(2)3)10-18(15)14(4)22-11-17-12-23-17/h6-10,13-14,17H,5,11-12H2,1-4H3/b9-7+. The minimum absolute atomic E-state index is 0.0925. The largest absolute Gasteiger partial charge is 0.491 e. The monoisotopic (exact) mass is 334 g/mol. The van der Waals surface area contributed by atoms with E-state index in [0.29, 0.717) is 13.2 Å². The van der Waals surface area contributed by atoms with Crippen molar-refractivity contribution in [1.29, 1.82) is 0 Å². The predicted octanol–water partition coefficient (Wildman–Crippen LogP) is 3.53. The zero-order valence-electron chi connectivity index (χ0n) is 14.8. The molecule has 5 nitrogen and oxygen atoms in total. The maximum absolute atomic E-state index is 11.6. The molecule has 24 heavy (non-hydrogen) atoms. The number of hydrogen-bond donors (Lipinski definition) is 0. The SMILES string of the molecule is CCOC(=O)/C=C/c1ccc(OC(C)C)cc1C(C)OCC1CO1. The molecule has 1 aromatic rings. The summed E-state index contributed by atoms with van der Waals surface area (Å²) in [4.78, 5) is 11.6. The van der Waals surface area contributed by atoms with Gasteiger partial charge in [-0.15, -0.1) is 0 Å². The van der Waals surface area contributed by atoms with Crippen LogP contribution in [-0.4, -0.2) is 38.0 Å². The van der Waals surface area contributed by atoms with Crippen molar-refractivity contribution in [3.05, 3.63) is 35.4 Å². The lowest BCUT2D eigenvalue weighted by Gasteiger charge is -2.18. The highest BCUT2D eigenvalue weighted by Crippen LogP contribution is 2.28. The van der Waals surface area contributed by atoms with E-state index in [4.69, 9.17) is 18.9 Å². The predicted molar refractivity (Wildman–Crippen MR) is 92.0 cm³/mol. The van der Waals surface area contributed by atoms with E-state index in [1.165, 1.54) is 6.08 Å². The average Bonchev–Trinajstić information content (AvgIpc) is 3.35. The minimum Gasteiger partial charge on any atom is -0.491 e. The van der Waals surface area contributed by atoms with Crippen molar-refractivity contribution in [2.45, 2.75) is 46.0 Å². The van der Waals surface area contributed by atoms with Gasteiger partial charge in [0.05, 0.1) is 32.0 Å². The van der Waals surface area contributed by atoms with Gasteiger partial charge < -0.3 is 18.9 Å². The Morgan fingerprint density at radius 3 is 2.75 bits per heavy atom. The molecule has 0 amide bonds. The van der Waals surface area contributed by atoms with Gasteiger partial charge in [-0.2, -0.15) is 0 Å². The van der Waals surface area contributed by atoms with Gasteiger partial charge in [0.1, 0.15) is 11.9 Å². The first-order chi connectivity index (χ1) is 11.5. The Labute approximate surface area is 143 Å². The smallest absolute Gasteiger partial charge is 0.330 e. The third-order valence-corrected chi connectivity index (χ3v) is 3.49. The molecule has 1 aliphatic rings. The summed E-state index contributed by atoms with van der Waals surface area (Å²) in [7, 11) is 0. The van der Waals surface area contributed by atoms with Gasteiger partial charge in [0.2, 0.25) is 0 Å². The van der Waals surface area contributed by atoms with Crippen LogP contribution in [0, 0.1) is 0 Å². The lowest BCUT2D eigenvalue weighted by Crippen LogP contribution is -2.09. The summed E-state index contributed by atoms with van der Waals surface area (Å²) in [5.74, 6) is 0.428. The summed E-state index contributed by atoms with van der Waals surface area (Å²) in [6.07, 6.45) is 3.35. The molecule has 0 aliphatic carbocycles. The van der Waals surface area contributed by atoms with Gasteiger partial charge in [-0.25, -0.2) is 4.79 Å². The fraction of sp³-hybridized carbons (Fsp3) is 0.526. The fourth-order valence-corrected chi connectivity index (χ4v) is 2.26. The van der Waals surface area contributed by atoms with Gasteiger partial charge in [-0.3, -0.25) is 0 Å². The van der Waals surface area contributed by atoms with Crippen molar-refractivity contribution < 1.29 is 23.7 Å². The van der Waals surface area contributed by atoms with E-state index in [2.05, 4.69) is 0 Å². The Morgan fingerprint density at radius 2 is 2.12 bits per heavy atom. The maximum Gasteiger partial charge on any atom is 0.330 e. The Balaban J connectivity index is 2.17. The van der Waals surface area contributed by atoms with Crippen LogP contribution in [0.3, 0.4) is 0 Å². The molecule has 0 N–H and O–H groups in total. The Bertz CT molecular complexity index is 575. The molecular weight excluding hydrogens is 308 g/mol. The number of hydrogen-bond acceptors (Lipinski definition) is 5. The number of carbonyl (C=O) groups is 1. The second-order valence-electron chi connectivity index (χ2n) is 5.97. The molecule has 1 aromatic carbocycles. The molecule has 0 radical (unpaired) electrons. The quantitative estimate of drug-likeness (QED) is 0.393. The Hall–Kier alpha value is -1.85. The molecule has 5 heteroatoms.